The monoisotopic (exact) mass is 285 g/mol. The second-order valence-electron chi connectivity index (χ2n) is 5.99. The van der Waals surface area contributed by atoms with Crippen LogP contribution in [-0.4, -0.2) is 9.78 Å². The minimum absolute atomic E-state index is 0.0836. The maximum absolute atomic E-state index is 11.8. The third kappa shape index (κ3) is 3.58. The summed E-state index contributed by atoms with van der Waals surface area (Å²) < 4.78 is 1.50. The summed E-state index contributed by atoms with van der Waals surface area (Å²) in [5.74, 6) is 0.364. The molecule has 0 saturated heterocycles. The lowest BCUT2D eigenvalue weighted by Gasteiger charge is -2.15. The average Bonchev–Trinajstić information content (AvgIpc) is 2.43. The van der Waals surface area contributed by atoms with Crippen LogP contribution >= 0.6 is 0 Å². The van der Waals surface area contributed by atoms with Gasteiger partial charge in [0, 0.05) is 12.6 Å². The van der Waals surface area contributed by atoms with E-state index in [1.807, 2.05) is 6.07 Å². The molecule has 1 heterocycles. The third-order valence-electron chi connectivity index (χ3n) is 3.63. The molecule has 0 aliphatic rings. The van der Waals surface area contributed by atoms with Gasteiger partial charge >= 0.3 is 0 Å². The molecule has 4 nitrogen and oxygen atoms in total. The summed E-state index contributed by atoms with van der Waals surface area (Å²) in [5, 5.41) is 4.42. The Morgan fingerprint density at radius 1 is 1.14 bits per heavy atom. The van der Waals surface area contributed by atoms with Crippen LogP contribution in [0.3, 0.4) is 0 Å². The lowest BCUT2D eigenvalue weighted by molar-refractivity contribution is 0.455. The summed E-state index contributed by atoms with van der Waals surface area (Å²) in [6.07, 6.45) is 0. The lowest BCUT2D eigenvalue weighted by Crippen LogP contribution is -2.27. The fourth-order valence-corrected chi connectivity index (χ4v) is 2.24. The van der Waals surface area contributed by atoms with Crippen LogP contribution in [0.25, 0.3) is 0 Å². The molecule has 0 fully saturated rings. The molecule has 4 heteroatoms. The van der Waals surface area contributed by atoms with Gasteiger partial charge < -0.3 is 5.73 Å². The van der Waals surface area contributed by atoms with E-state index in [0.717, 1.165) is 11.3 Å². The predicted octanol–water partition coefficient (Wildman–Crippen LogP) is 2.56. The summed E-state index contributed by atoms with van der Waals surface area (Å²) in [6.45, 7) is 8.87. The van der Waals surface area contributed by atoms with Crippen LogP contribution in [0.5, 0.6) is 0 Å². The van der Waals surface area contributed by atoms with Crippen LogP contribution in [0.4, 0.5) is 0 Å². The Hall–Kier alpha value is -1.94. The standard InChI is InChI=1S/C17H23N3O/c1-11(2)10-20-16(21)8-7-15(19-20)17(18)14-6-5-12(3)13(4)9-14/h5-9,11,17H,10,18H2,1-4H3. The van der Waals surface area contributed by atoms with Crippen molar-refractivity contribution in [3.8, 4) is 0 Å². The molecule has 1 atom stereocenters. The molecule has 0 amide bonds. The summed E-state index contributed by atoms with van der Waals surface area (Å²) in [4.78, 5) is 11.8. The maximum atomic E-state index is 11.8. The van der Waals surface area contributed by atoms with Crippen molar-refractivity contribution in [2.75, 3.05) is 0 Å². The molecule has 1 aromatic heterocycles. The van der Waals surface area contributed by atoms with Gasteiger partial charge in [0.15, 0.2) is 0 Å². The Morgan fingerprint density at radius 2 is 1.86 bits per heavy atom. The van der Waals surface area contributed by atoms with Gasteiger partial charge in [-0.3, -0.25) is 4.79 Å². The smallest absolute Gasteiger partial charge is 0.266 e. The third-order valence-corrected chi connectivity index (χ3v) is 3.63. The van der Waals surface area contributed by atoms with E-state index in [-0.39, 0.29) is 11.6 Å². The van der Waals surface area contributed by atoms with Gasteiger partial charge in [0.25, 0.3) is 5.56 Å². The number of aromatic nitrogens is 2. The van der Waals surface area contributed by atoms with Crippen molar-refractivity contribution in [2.45, 2.75) is 40.3 Å². The summed E-state index contributed by atoms with van der Waals surface area (Å²) >= 11 is 0. The van der Waals surface area contributed by atoms with Gasteiger partial charge in [-0.1, -0.05) is 32.0 Å². The first-order valence-corrected chi connectivity index (χ1v) is 7.29. The Labute approximate surface area is 125 Å². The Balaban J connectivity index is 2.36. The molecule has 2 N–H and O–H groups in total. The predicted molar refractivity (Wildman–Crippen MR) is 85.3 cm³/mol. The average molecular weight is 285 g/mol. The molecular weight excluding hydrogens is 262 g/mol. The minimum Gasteiger partial charge on any atom is -0.319 e. The van der Waals surface area contributed by atoms with E-state index in [2.05, 4.69) is 44.9 Å². The highest BCUT2D eigenvalue weighted by Gasteiger charge is 2.13. The summed E-state index contributed by atoms with van der Waals surface area (Å²) in [6, 6.07) is 9.12. The van der Waals surface area contributed by atoms with Crippen molar-refractivity contribution in [3.05, 3.63) is 63.1 Å². The first-order valence-electron chi connectivity index (χ1n) is 7.29. The zero-order valence-corrected chi connectivity index (χ0v) is 13.1. The maximum Gasteiger partial charge on any atom is 0.266 e. The number of nitrogens with zero attached hydrogens (tertiary/aromatic N) is 2. The van der Waals surface area contributed by atoms with E-state index in [4.69, 9.17) is 5.73 Å². The number of hydrogen-bond acceptors (Lipinski definition) is 3. The second kappa shape index (κ2) is 6.22. The van der Waals surface area contributed by atoms with E-state index in [1.54, 1.807) is 12.1 Å². The Bertz CT molecular complexity index is 689. The highest BCUT2D eigenvalue weighted by Crippen LogP contribution is 2.19. The molecular formula is C17H23N3O. The zero-order chi connectivity index (χ0) is 15.6. The first-order chi connectivity index (χ1) is 9.88. The van der Waals surface area contributed by atoms with Gasteiger partial charge in [0.1, 0.15) is 0 Å². The molecule has 0 aliphatic heterocycles. The van der Waals surface area contributed by atoms with Gasteiger partial charge in [0.05, 0.1) is 11.7 Å². The number of hydrogen-bond donors (Lipinski definition) is 1. The molecule has 0 spiro atoms. The molecule has 1 aromatic carbocycles. The molecule has 2 rings (SSSR count). The highest BCUT2D eigenvalue weighted by atomic mass is 16.1. The van der Waals surface area contributed by atoms with Crippen LogP contribution in [0.2, 0.25) is 0 Å². The lowest BCUT2D eigenvalue weighted by atomic mass is 9.99. The molecule has 0 aliphatic carbocycles. The van der Waals surface area contributed by atoms with Crippen molar-refractivity contribution in [2.24, 2.45) is 11.7 Å². The van der Waals surface area contributed by atoms with Gasteiger partial charge in [0.2, 0.25) is 0 Å². The van der Waals surface area contributed by atoms with E-state index < -0.39 is 0 Å². The van der Waals surface area contributed by atoms with Crippen molar-refractivity contribution >= 4 is 0 Å². The summed E-state index contributed by atoms with van der Waals surface area (Å²) in [7, 11) is 0. The number of benzene rings is 1. The van der Waals surface area contributed by atoms with Gasteiger partial charge in [-0.2, -0.15) is 5.10 Å². The normalized spacial score (nSPS) is 12.7. The Morgan fingerprint density at radius 3 is 2.48 bits per heavy atom. The van der Waals surface area contributed by atoms with Crippen molar-refractivity contribution < 1.29 is 0 Å². The number of aryl methyl sites for hydroxylation is 2. The quantitative estimate of drug-likeness (QED) is 0.939. The summed E-state index contributed by atoms with van der Waals surface area (Å²) in [5.41, 5.74) is 10.4. The zero-order valence-electron chi connectivity index (χ0n) is 13.1. The van der Waals surface area contributed by atoms with Gasteiger partial charge in [-0.25, -0.2) is 4.68 Å². The first kappa shape index (κ1) is 15.4. The van der Waals surface area contributed by atoms with Crippen molar-refractivity contribution in [1.82, 2.24) is 9.78 Å². The van der Waals surface area contributed by atoms with E-state index >= 15 is 0 Å². The van der Waals surface area contributed by atoms with Gasteiger partial charge in [-0.15, -0.1) is 0 Å². The highest BCUT2D eigenvalue weighted by molar-refractivity contribution is 5.34. The van der Waals surface area contributed by atoms with Crippen molar-refractivity contribution in [3.63, 3.8) is 0 Å². The fraction of sp³-hybridized carbons (Fsp3) is 0.412. The van der Waals surface area contributed by atoms with Crippen LogP contribution in [0.1, 0.15) is 42.3 Å². The number of rotatable bonds is 4. The van der Waals surface area contributed by atoms with E-state index in [0.29, 0.717) is 12.5 Å². The van der Waals surface area contributed by atoms with Crippen LogP contribution < -0.4 is 11.3 Å². The number of nitrogens with two attached hydrogens (primary N) is 1. The minimum atomic E-state index is -0.316. The van der Waals surface area contributed by atoms with E-state index in [9.17, 15) is 4.79 Å². The molecule has 0 saturated carbocycles. The van der Waals surface area contributed by atoms with Crippen LogP contribution in [0.15, 0.2) is 35.1 Å². The fourth-order valence-electron chi connectivity index (χ4n) is 2.24. The van der Waals surface area contributed by atoms with Gasteiger partial charge in [-0.05, 0) is 42.5 Å². The van der Waals surface area contributed by atoms with Crippen LogP contribution in [-0.2, 0) is 6.54 Å². The molecule has 21 heavy (non-hydrogen) atoms. The van der Waals surface area contributed by atoms with E-state index in [1.165, 1.54) is 15.8 Å². The van der Waals surface area contributed by atoms with Crippen LogP contribution in [0, 0.1) is 19.8 Å². The molecule has 0 radical (unpaired) electrons. The largest absolute Gasteiger partial charge is 0.319 e. The molecule has 112 valence electrons. The topological polar surface area (TPSA) is 60.9 Å². The SMILES string of the molecule is Cc1ccc(C(N)c2ccc(=O)n(CC(C)C)n2)cc1C. The molecule has 1 unspecified atom stereocenters. The molecule has 2 aromatic rings. The van der Waals surface area contributed by atoms with Crippen molar-refractivity contribution in [1.29, 1.82) is 0 Å². The second-order valence-corrected chi connectivity index (χ2v) is 5.99. The Kier molecular flexibility index (Phi) is 4.58. The molecule has 0 bridgehead atoms.